The van der Waals surface area contributed by atoms with Gasteiger partial charge in [-0.3, -0.25) is 4.79 Å². The molecule has 152 valence electrons. The number of amides is 1. The molecule has 0 aliphatic carbocycles. The molecule has 2 unspecified atom stereocenters. The summed E-state index contributed by atoms with van der Waals surface area (Å²) in [5.41, 5.74) is 0.246. The molecule has 2 heterocycles. The molecule has 2 fully saturated rings. The van der Waals surface area contributed by atoms with Gasteiger partial charge in [0.1, 0.15) is 0 Å². The molecule has 0 spiro atoms. The number of unbranched alkanes of at least 4 members (excludes halogenated alkanes) is 1. The molecule has 6 nitrogen and oxygen atoms in total. The molecule has 2 saturated heterocycles. The van der Waals surface area contributed by atoms with Crippen molar-refractivity contribution in [3.8, 4) is 0 Å². The highest BCUT2D eigenvalue weighted by Gasteiger charge is 2.36. The van der Waals surface area contributed by atoms with Crippen LogP contribution in [0.25, 0.3) is 0 Å². The number of nitrogens with one attached hydrogen (secondary N) is 2. The van der Waals surface area contributed by atoms with Crippen LogP contribution in [0.3, 0.4) is 0 Å². The van der Waals surface area contributed by atoms with Gasteiger partial charge >= 0.3 is 0 Å². The van der Waals surface area contributed by atoms with E-state index in [1.165, 1.54) is 6.07 Å². The van der Waals surface area contributed by atoms with Crippen LogP contribution >= 0.6 is 12.4 Å². The molecule has 27 heavy (non-hydrogen) atoms. The Hall–Kier alpha value is -1.15. The van der Waals surface area contributed by atoms with Crippen molar-refractivity contribution < 1.29 is 13.2 Å². The first-order valence-electron chi connectivity index (χ1n) is 9.53. The average Bonchev–Trinajstić information content (AvgIpc) is 2.97. The van der Waals surface area contributed by atoms with E-state index in [-0.39, 0.29) is 34.8 Å². The summed E-state index contributed by atoms with van der Waals surface area (Å²) in [7, 11) is -2.01. The van der Waals surface area contributed by atoms with Crippen LogP contribution in [0.2, 0.25) is 0 Å². The molecule has 2 aliphatic rings. The standard InChI is InChI=1S/C19H29N3O3S.ClH/c1-3-4-11-22(2)19(23)17-7-5-6-8-18(17)26(24,25)21-16-12-14-9-10-15(13-16)20-14;/h5-8,14-16,20-21H,3-4,9-13H2,1-2H3;1H. The molecular formula is C19H30ClN3O3S. The van der Waals surface area contributed by atoms with Crippen LogP contribution in [-0.2, 0) is 10.0 Å². The maximum atomic E-state index is 13.0. The number of benzene rings is 1. The summed E-state index contributed by atoms with van der Waals surface area (Å²) in [5, 5.41) is 3.51. The summed E-state index contributed by atoms with van der Waals surface area (Å²) < 4.78 is 28.8. The Morgan fingerprint density at radius 1 is 1.22 bits per heavy atom. The predicted molar refractivity (Wildman–Crippen MR) is 109 cm³/mol. The lowest BCUT2D eigenvalue weighted by Gasteiger charge is -2.29. The molecule has 3 rings (SSSR count). The van der Waals surface area contributed by atoms with Gasteiger partial charge in [-0.1, -0.05) is 25.5 Å². The number of nitrogens with zero attached hydrogens (tertiary/aromatic N) is 1. The van der Waals surface area contributed by atoms with E-state index in [1.54, 1.807) is 30.1 Å². The highest BCUT2D eigenvalue weighted by atomic mass is 35.5. The van der Waals surface area contributed by atoms with Gasteiger partial charge in [-0.15, -0.1) is 12.4 Å². The Labute approximate surface area is 168 Å². The summed E-state index contributed by atoms with van der Waals surface area (Å²) in [6.07, 6.45) is 5.72. The molecule has 2 N–H and O–H groups in total. The molecule has 1 aromatic carbocycles. The minimum absolute atomic E-state index is 0. The van der Waals surface area contributed by atoms with E-state index >= 15 is 0 Å². The Balaban J connectivity index is 0.00000261. The second kappa shape index (κ2) is 9.37. The zero-order chi connectivity index (χ0) is 18.7. The second-order valence-electron chi connectivity index (χ2n) is 7.50. The molecule has 2 aliphatic heterocycles. The van der Waals surface area contributed by atoms with E-state index < -0.39 is 10.0 Å². The van der Waals surface area contributed by atoms with Crippen molar-refractivity contribution in [2.45, 2.75) is 68.5 Å². The van der Waals surface area contributed by atoms with Gasteiger partial charge < -0.3 is 10.2 Å². The van der Waals surface area contributed by atoms with Crippen LogP contribution in [0.1, 0.15) is 55.8 Å². The highest BCUT2D eigenvalue weighted by molar-refractivity contribution is 7.89. The van der Waals surface area contributed by atoms with Crippen molar-refractivity contribution in [1.29, 1.82) is 0 Å². The molecule has 0 saturated carbocycles. The van der Waals surface area contributed by atoms with Gasteiger partial charge in [0.2, 0.25) is 10.0 Å². The summed E-state index contributed by atoms with van der Waals surface area (Å²) in [6, 6.07) is 7.25. The molecule has 2 bridgehead atoms. The van der Waals surface area contributed by atoms with Gasteiger partial charge in [0.25, 0.3) is 5.91 Å². The lowest BCUT2D eigenvalue weighted by Crippen LogP contribution is -2.48. The van der Waals surface area contributed by atoms with Crippen LogP contribution in [0, 0.1) is 0 Å². The zero-order valence-corrected chi connectivity index (χ0v) is 17.6. The third-order valence-corrected chi connectivity index (χ3v) is 6.97. The molecule has 1 amide bonds. The van der Waals surface area contributed by atoms with Crippen molar-refractivity contribution in [1.82, 2.24) is 14.9 Å². The minimum atomic E-state index is -3.73. The topological polar surface area (TPSA) is 78.5 Å². The van der Waals surface area contributed by atoms with Gasteiger partial charge in [-0.05, 0) is 44.2 Å². The van der Waals surface area contributed by atoms with E-state index in [9.17, 15) is 13.2 Å². The van der Waals surface area contributed by atoms with Crippen LogP contribution in [0.15, 0.2) is 29.2 Å². The normalized spacial score (nSPS) is 24.3. The first-order valence-corrected chi connectivity index (χ1v) is 11.0. The highest BCUT2D eigenvalue weighted by Crippen LogP contribution is 2.28. The fraction of sp³-hybridized carbons (Fsp3) is 0.632. The fourth-order valence-electron chi connectivity index (χ4n) is 4.02. The lowest BCUT2D eigenvalue weighted by atomic mass is 10.0. The smallest absolute Gasteiger partial charge is 0.254 e. The van der Waals surface area contributed by atoms with Crippen molar-refractivity contribution >= 4 is 28.3 Å². The Morgan fingerprint density at radius 2 is 1.85 bits per heavy atom. The van der Waals surface area contributed by atoms with E-state index in [0.29, 0.717) is 18.6 Å². The van der Waals surface area contributed by atoms with Crippen LogP contribution in [-0.4, -0.2) is 50.9 Å². The van der Waals surface area contributed by atoms with Crippen molar-refractivity contribution in [3.63, 3.8) is 0 Å². The quantitative estimate of drug-likeness (QED) is 0.717. The van der Waals surface area contributed by atoms with Crippen LogP contribution in [0.5, 0.6) is 0 Å². The second-order valence-corrected chi connectivity index (χ2v) is 9.19. The SMILES string of the molecule is CCCCN(C)C(=O)c1ccccc1S(=O)(=O)NC1CC2CCC(C1)N2.Cl. The maximum absolute atomic E-state index is 13.0. The van der Waals surface area contributed by atoms with E-state index in [2.05, 4.69) is 17.0 Å². The third-order valence-electron chi connectivity index (χ3n) is 5.40. The van der Waals surface area contributed by atoms with Crippen LogP contribution in [0.4, 0.5) is 0 Å². The number of carbonyl (C=O) groups is 1. The molecule has 0 radical (unpaired) electrons. The van der Waals surface area contributed by atoms with E-state index in [0.717, 1.165) is 38.5 Å². The van der Waals surface area contributed by atoms with Crippen LogP contribution < -0.4 is 10.0 Å². The molecule has 8 heteroatoms. The summed E-state index contributed by atoms with van der Waals surface area (Å²) >= 11 is 0. The largest absolute Gasteiger partial charge is 0.342 e. The zero-order valence-electron chi connectivity index (χ0n) is 16.0. The predicted octanol–water partition coefficient (Wildman–Crippen LogP) is 2.54. The molecule has 2 atom stereocenters. The van der Waals surface area contributed by atoms with Gasteiger partial charge in [0, 0.05) is 31.7 Å². The number of halogens is 1. The number of hydrogen-bond acceptors (Lipinski definition) is 4. The average molecular weight is 416 g/mol. The molecular weight excluding hydrogens is 386 g/mol. The van der Waals surface area contributed by atoms with Crippen molar-refractivity contribution in [2.24, 2.45) is 0 Å². The summed E-state index contributed by atoms with van der Waals surface area (Å²) in [4.78, 5) is 14.4. The first-order chi connectivity index (χ1) is 12.4. The summed E-state index contributed by atoms with van der Waals surface area (Å²) in [5.74, 6) is -0.246. The molecule has 1 aromatic rings. The number of hydrogen-bond donors (Lipinski definition) is 2. The molecule has 0 aromatic heterocycles. The fourth-order valence-corrected chi connectivity index (χ4v) is 5.48. The summed E-state index contributed by atoms with van der Waals surface area (Å²) in [6.45, 7) is 2.68. The Morgan fingerprint density at radius 3 is 2.48 bits per heavy atom. The van der Waals surface area contributed by atoms with Gasteiger partial charge in [0.05, 0.1) is 10.5 Å². The van der Waals surface area contributed by atoms with Crippen molar-refractivity contribution in [2.75, 3.05) is 13.6 Å². The first kappa shape index (κ1) is 22.1. The Kier molecular flexibility index (Phi) is 7.68. The van der Waals surface area contributed by atoms with E-state index in [4.69, 9.17) is 0 Å². The number of carbonyl (C=O) groups excluding carboxylic acids is 1. The van der Waals surface area contributed by atoms with Gasteiger partial charge in [-0.25, -0.2) is 13.1 Å². The van der Waals surface area contributed by atoms with Gasteiger partial charge in [0.15, 0.2) is 0 Å². The number of rotatable bonds is 7. The monoisotopic (exact) mass is 415 g/mol. The number of sulfonamides is 1. The minimum Gasteiger partial charge on any atom is -0.342 e. The van der Waals surface area contributed by atoms with Crippen molar-refractivity contribution in [3.05, 3.63) is 29.8 Å². The maximum Gasteiger partial charge on any atom is 0.254 e. The number of piperidine rings is 1. The lowest BCUT2D eigenvalue weighted by molar-refractivity contribution is 0.0789. The van der Waals surface area contributed by atoms with Gasteiger partial charge in [-0.2, -0.15) is 0 Å². The van der Waals surface area contributed by atoms with E-state index in [1.807, 2.05) is 0 Å². The Bertz CT molecular complexity index is 744. The number of fused-ring (bicyclic) bond motifs is 2. The third kappa shape index (κ3) is 5.22.